The number of benzene rings is 3. The summed E-state index contributed by atoms with van der Waals surface area (Å²) >= 11 is 0. The Morgan fingerprint density at radius 1 is 0.972 bits per heavy atom. The van der Waals surface area contributed by atoms with E-state index in [0.29, 0.717) is 18.1 Å². The van der Waals surface area contributed by atoms with Crippen LogP contribution in [0.4, 0.5) is 0 Å². The van der Waals surface area contributed by atoms with Gasteiger partial charge in [0.05, 0.1) is 25.6 Å². The highest BCUT2D eigenvalue weighted by atomic mass is 16.5. The molecule has 0 aliphatic rings. The van der Waals surface area contributed by atoms with Crippen molar-refractivity contribution >= 4 is 12.1 Å². The van der Waals surface area contributed by atoms with Gasteiger partial charge in [-0.15, -0.1) is 0 Å². The number of hydrazone groups is 1. The molecule has 0 saturated carbocycles. The second-order valence-corrected chi connectivity index (χ2v) is 7.82. The van der Waals surface area contributed by atoms with Crippen LogP contribution >= 0.6 is 0 Å². The third-order valence-electron chi connectivity index (χ3n) is 5.18. The van der Waals surface area contributed by atoms with E-state index in [1.165, 1.54) is 0 Å². The molecule has 184 valence electrons. The number of para-hydroxylation sites is 3. The fourth-order valence-electron chi connectivity index (χ4n) is 3.44. The zero-order chi connectivity index (χ0) is 25.2. The Kier molecular flexibility index (Phi) is 8.32. The molecule has 0 aliphatic carbocycles. The molecule has 0 atom stereocenters. The largest absolute Gasteiger partial charge is 0.494 e. The second kappa shape index (κ2) is 12.2. The Labute approximate surface area is 210 Å². The fourth-order valence-corrected chi connectivity index (χ4v) is 3.44. The zero-order valence-corrected chi connectivity index (χ0v) is 20.3. The molecule has 0 unspecified atom stereocenters. The summed E-state index contributed by atoms with van der Waals surface area (Å²) in [5.41, 5.74) is 5.79. The molecule has 0 fully saturated rings. The summed E-state index contributed by atoms with van der Waals surface area (Å²) < 4.78 is 18.3. The van der Waals surface area contributed by atoms with Gasteiger partial charge in [-0.1, -0.05) is 37.3 Å². The molecule has 1 amide bonds. The quantitative estimate of drug-likeness (QED) is 0.243. The van der Waals surface area contributed by atoms with Gasteiger partial charge < -0.3 is 14.2 Å². The molecule has 0 bridgehead atoms. The molecule has 1 heterocycles. The van der Waals surface area contributed by atoms with E-state index in [-0.39, 0.29) is 6.61 Å². The summed E-state index contributed by atoms with van der Waals surface area (Å²) in [5.74, 6) is 1.45. The molecule has 1 aromatic heterocycles. The third-order valence-corrected chi connectivity index (χ3v) is 5.18. The summed E-state index contributed by atoms with van der Waals surface area (Å²) in [5, 5.41) is 8.90. The van der Waals surface area contributed by atoms with Crippen LogP contribution in [0.25, 0.3) is 16.9 Å². The van der Waals surface area contributed by atoms with Gasteiger partial charge in [-0.25, -0.2) is 10.1 Å². The number of nitrogens with zero attached hydrogens (tertiary/aromatic N) is 3. The predicted octanol–water partition coefficient (Wildman–Crippen LogP) is 4.87. The summed E-state index contributed by atoms with van der Waals surface area (Å²) in [4.78, 5) is 12.3. The molecule has 1 N–H and O–H groups in total. The SMILES string of the molecule is CCCOc1ccc(-c2nn(-c3ccccc3)cc2/C=N\NC(=O)COc2ccccc2OC)cc1. The fraction of sp³-hybridized carbons (Fsp3) is 0.179. The average molecular weight is 485 g/mol. The number of hydrogen-bond donors (Lipinski definition) is 1. The molecule has 0 saturated heterocycles. The molecule has 4 rings (SSSR count). The van der Waals surface area contributed by atoms with E-state index >= 15 is 0 Å². The van der Waals surface area contributed by atoms with Gasteiger partial charge in [0.1, 0.15) is 11.4 Å². The number of carbonyl (C=O) groups is 1. The van der Waals surface area contributed by atoms with E-state index in [0.717, 1.165) is 34.7 Å². The molecule has 3 aromatic carbocycles. The van der Waals surface area contributed by atoms with Crippen LogP contribution in [0, 0.1) is 0 Å². The molecule has 0 spiro atoms. The number of rotatable bonds is 11. The maximum atomic E-state index is 12.3. The minimum atomic E-state index is -0.397. The number of hydrogen-bond acceptors (Lipinski definition) is 6. The average Bonchev–Trinajstić information content (AvgIpc) is 3.36. The maximum Gasteiger partial charge on any atom is 0.277 e. The molecule has 4 aromatic rings. The first-order valence-electron chi connectivity index (χ1n) is 11.6. The van der Waals surface area contributed by atoms with Crippen LogP contribution in [0.15, 0.2) is 90.2 Å². The van der Waals surface area contributed by atoms with Crippen molar-refractivity contribution in [3.8, 4) is 34.2 Å². The van der Waals surface area contributed by atoms with Gasteiger partial charge in [-0.05, 0) is 55.0 Å². The number of methoxy groups -OCH3 is 1. The van der Waals surface area contributed by atoms with E-state index in [1.807, 2.05) is 72.9 Å². The van der Waals surface area contributed by atoms with Crippen LogP contribution in [0.2, 0.25) is 0 Å². The number of aromatic nitrogens is 2. The molecule has 36 heavy (non-hydrogen) atoms. The topological polar surface area (TPSA) is 87.0 Å². The lowest BCUT2D eigenvalue weighted by Crippen LogP contribution is -2.24. The summed E-state index contributed by atoms with van der Waals surface area (Å²) in [6, 6.07) is 24.7. The van der Waals surface area contributed by atoms with Crippen molar-refractivity contribution in [2.75, 3.05) is 20.3 Å². The van der Waals surface area contributed by atoms with E-state index in [1.54, 1.807) is 30.1 Å². The van der Waals surface area contributed by atoms with Crippen LogP contribution in [-0.4, -0.2) is 42.2 Å². The van der Waals surface area contributed by atoms with Gasteiger partial charge in [-0.2, -0.15) is 10.2 Å². The Morgan fingerprint density at radius 2 is 1.69 bits per heavy atom. The van der Waals surface area contributed by atoms with Crippen molar-refractivity contribution in [1.82, 2.24) is 15.2 Å². The van der Waals surface area contributed by atoms with Gasteiger partial charge >= 0.3 is 0 Å². The zero-order valence-electron chi connectivity index (χ0n) is 20.3. The van der Waals surface area contributed by atoms with E-state index in [9.17, 15) is 4.79 Å². The smallest absolute Gasteiger partial charge is 0.277 e. The monoisotopic (exact) mass is 484 g/mol. The predicted molar refractivity (Wildman–Crippen MR) is 139 cm³/mol. The van der Waals surface area contributed by atoms with Gasteiger partial charge in [0.25, 0.3) is 5.91 Å². The first-order chi connectivity index (χ1) is 17.7. The number of nitrogens with one attached hydrogen (secondary N) is 1. The standard InChI is InChI=1S/C28H28N4O4/c1-3-17-35-24-15-13-21(14-16-24)28-22(19-32(31-28)23-9-5-4-6-10-23)18-29-30-27(33)20-36-26-12-8-7-11-25(26)34-2/h4-16,18-19H,3,17,20H2,1-2H3,(H,30,33)/b29-18-. The Bertz CT molecular complexity index is 1300. The molecule has 0 radical (unpaired) electrons. The van der Waals surface area contributed by atoms with Crippen molar-refractivity contribution in [3.63, 3.8) is 0 Å². The molecular weight excluding hydrogens is 456 g/mol. The number of carbonyl (C=O) groups excluding carboxylic acids is 1. The van der Waals surface area contributed by atoms with Crippen LogP contribution in [0.1, 0.15) is 18.9 Å². The van der Waals surface area contributed by atoms with E-state index < -0.39 is 5.91 Å². The molecule has 0 aliphatic heterocycles. The van der Waals surface area contributed by atoms with Gasteiger partial charge in [-0.3, -0.25) is 4.79 Å². The minimum Gasteiger partial charge on any atom is -0.494 e. The van der Waals surface area contributed by atoms with Crippen molar-refractivity contribution in [3.05, 3.63) is 90.6 Å². The third kappa shape index (κ3) is 6.29. The second-order valence-electron chi connectivity index (χ2n) is 7.82. The van der Waals surface area contributed by atoms with Crippen LogP contribution < -0.4 is 19.6 Å². The first kappa shape index (κ1) is 24.5. The normalized spacial score (nSPS) is 10.8. The summed E-state index contributed by atoms with van der Waals surface area (Å²) in [7, 11) is 1.55. The molecule has 8 nitrogen and oxygen atoms in total. The van der Waals surface area contributed by atoms with Crippen molar-refractivity contribution < 1.29 is 19.0 Å². The highest BCUT2D eigenvalue weighted by molar-refractivity contribution is 5.89. The van der Waals surface area contributed by atoms with Crippen LogP contribution in [-0.2, 0) is 4.79 Å². The first-order valence-corrected chi connectivity index (χ1v) is 11.6. The Balaban J connectivity index is 1.49. The van der Waals surface area contributed by atoms with E-state index in [2.05, 4.69) is 17.5 Å². The van der Waals surface area contributed by atoms with Crippen molar-refractivity contribution in [2.45, 2.75) is 13.3 Å². The van der Waals surface area contributed by atoms with Crippen molar-refractivity contribution in [1.29, 1.82) is 0 Å². The lowest BCUT2D eigenvalue weighted by molar-refractivity contribution is -0.123. The lowest BCUT2D eigenvalue weighted by atomic mass is 10.1. The molecular formula is C28H28N4O4. The highest BCUT2D eigenvalue weighted by Gasteiger charge is 2.12. The Hall–Kier alpha value is -4.59. The lowest BCUT2D eigenvalue weighted by Gasteiger charge is -2.09. The Morgan fingerprint density at radius 3 is 2.42 bits per heavy atom. The van der Waals surface area contributed by atoms with Crippen molar-refractivity contribution in [2.24, 2.45) is 5.10 Å². The van der Waals surface area contributed by atoms with Crippen LogP contribution in [0.3, 0.4) is 0 Å². The summed E-state index contributed by atoms with van der Waals surface area (Å²) in [6.07, 6.45) is 4.39. The minimum absolute atomic E-state index is 0.201. The maximum absolute atomic E-state index is 12.3. The number of amides is 1. The van der Waals surface area contributed by atoms with E-state index in [4.69, 9.17) is 19.3 Å². The van der Waals surface area contributed by atoms with Gasteiger partial charge in [0, 0.05) is 17.3 Å². The van der Waals surface area contributed by atoms with Gasteiger partial charge in [0.2, 0.25) is 0 Å². The highest BCUT2D eigenvalue weighted by Crippen LogP contribution is 2.26. The number of ether oxygens (including phenoxy) is 3. The van der Waals surface area contributed by atoms with Gasteiger partial charge in [0.15, 0.2) is 18.1 Å². The van der Waals surface area contributed by atoms with Crippen LogP contribution in [0.5, 0.6) is 17.2 Å². The molecule has 8 heteroatoms. The summed E-state index contributed by atoms with van der Waals surface area (Å²) in [6.45, 7) is 2.53.